The Morgan fingerprint density at radius 2 is 0.788 bits per heavy atom. The van der Waals surface area contributed by atoms with E-state index in [1.54, 1.807) is 0 Å². The fraction of sp³-hybridized carbons (Fsp3) is 0.700. The third kappa shape index (κ3) is 10.9. The lowest BCUT2D eigenvalue weighted by atomic mass is 10.4. The molecule has 0 atom stereocenters. The van der Waals surface area contributed by atoms with Crippen LogP contribution in [0, 0.1) is 0 Å². The summed E-state index contributed by atoms with van der Waals surface area (Å²) in [5.74, 6) is -1.64. The molecule has 2 aliphatic heterocycles. The molecule has 13 heteroatoms. The van der Waals surface area contributed by atoms with Gasteiger partial charge in [0.15, 0.2) is 0 Å². The summed E-state index contributed by atoms with van der Waals surface area (Å²) in [6.45, 7) is 3.82. The summed E-state index contributed by atoms with van der Waals surface area (Å²) in [6, 6.07) is 0. The molecule has 0 spiro atoms. The van der Waals surface area contributed by atoms with Crippen LogP contribution in [0.25, 0.3) is 0 Å². The Morgan fingerprint density at radius 3 is 1.15 bits per heavy atom. The molecule has 0 N–H and O–H groups in total. The van der Waals surface area contributed by atoms with Crippen LogP contribution < -0.4 is 0 Å². The molecule has 1 saturated heterocycles. The number of rotatable bonds is 20. The van der Waals surface area contributed by atoms with E-state index in [9.17, 15) is 19.2 Å². The molecule has 4 amide bonds. The van der Waals surface area contributed by atoms with Crippen molar-refractivity contribution in [2.45, 2.75) is 12.8 Å². The maximum Gasteiger partial charge on any atom is 0.277 e. The zero-order valence-electron chi connectivity index (χ0n) is 18.4. The Hall–Kier alpha value is -2.26. The fourth-order valence-electron chi connectivity index (χ4n) is 2.57. The van der Waals surface area contributed by atoms with Crippen molar-refractivity contribution in [2.24, 2.45) is 0 Å². The summed E-state index contributed by atoms with van der Waals surface area (Å²) >= 11 is 0. The number of ether oxygens (including phenoxy) is 5. The quantitative estimate of drug-likeness (QED) is 0.159. The molecule has 13 nitrogen and oxygen atoms in total. The number of imide groups is 2. The van der Waals surface area contributed by atoms with E-state index < -0.39 is 11.8 Å². The average Bonchev–Trinajstić information content (AvgIpc) is 3.30. The molecule has 0 bridgehead atoms. The molecular weight excluding hydrogens is 444 g/mol. The van der Waals surface area contributed by atoms with Crippen LogP contribution in [0.2, 0.25) is 0 Å². The summed E-state index contributed by atoms with van der Waals surface area (Å²) in [5.41, 5.74) is 0. The van der Waals surface area contributed by atoms with Gasteiger partial charge in [-0.25, -0.2) is 0 Å². The number of hydrogen-bond donors (Lipinski definition) is 0. The first-order chi connectivity index (χ1) is 16.1. The Kier molecular flexibility index (Phi) is 13.4. The molecule has 0 radical (unpaired) electrons. The van der Waals surface area contributed by atoms with Gasteiger partial charge in [-0.05, 0) is 0 Å². The van der Waals surface area contributed by atoms with Crippen LogP contribution in [0.3, 0.4) is 0 Å². The van der Waals surface area contributed by atoms with Gasteiger partial charge >= 0.3 is 0 Å². The summed E-state index contributed by atoms with van der Waals surface area (Å²) in [4.78, 5) is 55.2. The van der Waals surface area contributed by atoms with Crippen molar-refractivity contribution in [1.82, 2.24) is 10.1 Å². The Bertz CT molecular complexity index is 618. The molecule has 2 aliphatic rings. The third-order valence-corrected chi connectivity index (χ3v) is 4.16. The van der Waals surface area contributed by atoms with Gasteiger partial charge in [-0.2, -0.15) is 5.06 Å². The molecule has 0 aromatic rings. The molecule has 0 unspecified atom stereocenters. The van der Waals surface area contributed by atoms with E-state index in [2.05, 4.69) is 0 Å². The van der Waals surface area contributed by atoms with Gasteiger partial charge in [-0.15, -0.1) is 5.06 Å². The lowest BCUT2D eigenvalue weighted by molar-refractivity contribution is -0.191. The van der Waals surface area contributed by atoms with Crippen molar-refractivity contribution in [3.63, 3.8) is 0 Å². The number of carbonyl (C=O) groups is 4. The van der Waals surface area contributed by atoms with Crippen LogP contribution in [0.1, 0.15) is 12.8 Å². The molecular formula is C20H30N2O11. The zero-order valence-corrected chi connectivity index (χ0v) is 18.4. The van der Waals surface area contributed by atoms with Gasteiger partial charge in [0.1, 0.15) is 0 Å². The van der Waals surface area contributed by atoms with Gasteiger partial charge in [0.2, 0.25) is 0 Å². The first kappa shape index (κ1) is 27.0. The first-order valence-electron chi connectivity index (χ1n) is 10.7. The van der Waals surface area contributed by atoms with Crippen molar-refractivity contribution in [1.29, 1.82) is 0 Å². The molecule has 0 saturated carbocycles. The Labute approximate surface area is 191 Å². The predicted octanol–water partition coefficient (Wildman–Crippen LogP) is -0.993. The average molecular weight is 474 g/mol. The highest BCUT2D eigenvalue weighted by Gasteiger charge is 2.30. The minimum Gasteiger partial charge on any atom is -0.377 e. The number of carbonyl (C=O) groups excluding carboxylic acids is 4. The highest BCUT2D eigenvalue weighted by molar-refractivity contribution is 6.11. The van der Waals surface area contributed by atoms with E-state index >= 15 is 0 Å². The highest BCUT2D eigenvalue weighted by Crippen LogP contribution is 2.11. The van der Waals surface area contributed by atoms with Crippen molar-refractivity contribution in [2.75, 3.05) is 79.3 Å². The summed E-state index contributed by atoms with van der Waals surface area (Å²) in [7, 11) is 0. The molecule has 0 aromatic carbocycles. The number of hydrogen-bond acceptors (Lipinski definition) is 11. The topological polar surface area (TPSA) is 139 Å². The van der Waals surface area contributed by atoms with Crippen LogP contribution in [-0.4, -0.2) is 113 Å². The van der Waals surface area contributed by atoms with Gasteiger partial charge in [0, 0.05) is 25.0 Å². The van der Waals surface area contributed by atoms with E-state index in [1.807, 2.05) is 0 Å². The third-order valence-electron chi connectivity index (χ3n) is 4.16. The molecule has 186 valence electrons. The normalized spacial score (nSPS) is 16.1. The number of nitrogens with zero attached hydrogens (tertiary/aromatic N) is 2. The smallest absolute Gasteiger partial charge is 0.277 e. The summed E-state index contributed by atoms with van der Waals surface area (Å²) in [6.07, 6.45) is 2.67. The largest absolute Gasteiger partial charge is 0.377 e. The molecule has 33 heavy (non-hydrogen) atoms. The summed E-state index contributed by atoms with van der Waals surface area (Å²) < 4.78 is 26.6. The second-order valence-electron chi connectivity index (χ2n) is 6.61. The van der Waals surface area contributed by atoms with Crippen molar-refractivity contribution in [3.05, 3.63) is 12.2 Å². The highest BCUT2D eigenvalue weighted by atomic mass is 16.7. The Morgan fingerprint density at radius 1 is 0.485 bits per heavy atom. The molecule has 0 aromatic heterocycles. The second-order valence-corrected chi connectivity index (χ2v) is 6.61. The van der Waals surface area contributed by atoms with Gasteiger partial charge < -0.3 is 23.7 Å². The first-order valence-corrected chi connectivity index (χ1v) is 10.7. The van der Waals surface area contributed by atoms with E-state index in [4.69, 9.17) is 33.4 Å². The van der Waals surface area contributed by atoms with Crippen LogP contribution in [-0.2, 0) is 52.5 Å². The number of hydroxylamine groups is 4. The SMILES string of the molecule is O=C1C=CC(=O)N1OCCOCCOCCOCCOCCOCCON1C(=O)CCC1=O. The van der Waals surface area contributed by atoms with Crippen LogP contribution >= 0.6 is 0 Å². The van der Waals surface area contributed by atoms with Gasteiger partial charge in [-0.3, -0.25) is 28.9 Å². The van der Waals surface area contributed by atoms with Crippen LogP contribution in [0.5, 0.6) is 0 Å². The van der Waals surface area contributed by atoms with Gasteiger partial charge in [0.25, 0.3) is 23.6 Å². The summed E-state index contributed by atoms with van der Waals surface area (Å²) in [5, 5.41) is 1.49. The van der Waals surface area contributed by atoms with Crippen LogP contribution in [0.15, 0.2) is 12.2 Å². The van der Waals surface area contributed by atoms with E-state index in [1.165, 1.54) is 0 Å². The fourth-order valence-corrected chi connectivity index (χ4v) is 2.57. The standard InChI is InChI=1S/C20H30N2O11/c23-17-1-2-18(24)21(17)32-15-13-30-11-9-28-7-5-27-6-8-29-10-12-31-14-16-33-22-19(25)3-4-20(22)26/h1-2H,3-16H2. The Balaban J connectivity index is 1.23. The molecule has 2 heterocycles. The molecule has 0 aliphatic carbocycles. The number of amides is 4. The minimum atomic E-state index is -0.500. The van der Waals surface area contributed by atoms with Gasteiger partial charge in [0.05, 0.1) is 79.3 Å². The van der Waals surface area contributed by atoms with E-state index in [-0.39, 0.29) is 51.1 Å². The predicted molar refractivity (Wildman–Crippen MR) is 108 cm³/mol. The maximum atomic E-state index is 11.3. The maximum absolute atomic E-state index is 11.3. The van der Waals surface area contributed by atoms with Crippen molar-refractivity contribution in [3.8, 4) is 0 Å². The molecule has 2 rings (SSSR count). The zero-order chi connectivity index (χ0) is 23.7. The van der Waals surface area contributed by atoms with E-state index in [0.717, 1.165) is 17.2 Å². The van der Waals surface area contributed by atoms with Gasteiger partial charge in [-0.1, -0.05) is 0 Å². The minimum absolute atomic E-state index is 0.0850. The van der Waals surface area contributed by atoms with E-state index in [0.29, 0.717) is 57.9 Å². The molecule has 1 fully saturated rings. The van der Waals surface area contributed by atoms with Crippen molar-refractivity contribution >= 4 is 23.6 Å². The monoisotopic (exact) mass is 474 g/mol. The lowest BCUT2D eigenvalue weighted by Gasteiger charge is -2.13. The lowest BCUT2D eigenvalue weighted by Crippen LogP contribution is -2.31. The van der Waals surface area contributed by atoms with Crippen molar-refractivity contribution < 1.29 is 52.5 Å². The second kappa shape index (κ2) is 16.4. The van der Waals surface area contributed by atoms with Crippen LogP contribution in [0.4, 0.5) is 0 Å².